The number of allylic oxidation sites excluding steroid dienone is 1. The Balaban J connectivity index is 1.97. The lowest BCUT2D eigenvalue weighted by molar-refractivity contribution is 0.0535. The predicted molar refractivity (Wildman–Crippen MR) is 72.5 cm³/mol. The molecule has 21 heavy (non-hydrogen) atoms. The molecule has 2 heterocycles. The molecule has 1 aromatic carbocycles. The van der Waals surface area contributed by atoms with Crippen molar-refractivity contribution >= 4 is 12.0 Å². The molecule has 1 aliphatic rings. The van der Waals surface area contributed by atoms with Gasteiger partial charge in [0, 0.05) is 17.2 Å². The fraction of sp³-hybridized carbons (Fsp3) is 0.0625. The molecule has 0 bridgehead atoms. The first kappa shape index (κ1) is 12.7. The Morgan fingerprint density at radius 2 is 2.00 bits per heavy atom. The van der Waals surface area contributed by atoms with Gasteiger partial charge in [-0.15, -0.1) is 0 Å². The number of benzene rings is 1. The van der Waals surface area contributed by atoms with Crippen LogP contribution in [-0.4, -0.2) is 5.97 Å². The molecule has 0 aliphatic carbocycles. The summed E-state index contributed by atoms with van der Waals surface area (Å²) < 4.78 is 10.5. The van der Waals surface area contributed by atoms with Gasteiger partial charge in [0.25, 0.3) is 0 Å². The van der Waals surface area contributed by atoms with Crippen LogP contribution < -0.4 is 0 Å². The van der Waals surface area contributed by atoms with E-state index in [1.165, 1.54) is 6.08 Å². The van der Waals surface area contributed by atoms with Crippen molar-refractivity contribution in [2.45, 2.75) is 6.61 Å². The molecule has 0 amide bonds. The van der Waals surface area contributed by atoms with Crippen molar-refractivity contribution < 1.29 is 13.9 Å². The molecular formula is C16H8N2O3. The third-order valence-corrected chi connectivity index (χ3v) is 3.13. The molecular weight excluding hydrogens is 268 g/mol. The molecule has 0 N–H and O–H groups in total. The molecule has 0 radical (unpaired) electrons. The van der Waals surface area contributed by atoms with Crippen LogP contribution in [0.25, 0.3) is 17.4 Å². The Morgan fingerprint density at radius 1 is 1.19 bits per heavy atom. The van der Waals surface area contributed by atoms with E-state index in [9.17, 15) is 4.79 Å². The largest absolute Gasteiger partial charge is 0.457 e. The van der Waals surface area contributed by atoms with E-state index in [4.69, 9.17) is 19.7 Å². The van der Waals surface area contributed by atoms with E-state index in [2.05, 4.69) is 0 Å². The van der Waals surface area contributed by atoms with Crippen molar-refractivity contribution in [2.24, 2.45) is 0 Å². The number of carbonyl (C=O) groups is 1. The molecule has 0 spiro atoms. The first-order chi connectivity index (χ1) is 10.2. The highest BCUT2D eigenvalue weighted by molar-refractivity contribution is 5.94. The van der Waals surface area contributed by atoms with Crippen molar-refractivity contribution in [1.29, 1.82) is 10.5 Å². The zero-order valence-electron chi connectivity index (χ0n) is 10.8. The zero-order chi connectivity index (χ0) is 14.8. The fourth-order valence-corrected chi connectivity index (χ4v) is 2.08. The maximum absolute atomic E-state index is 11.5. The Morgan fingerprint density at radius 3 is 2.76 bits per heavy atom. The highest BCUT2D eigenvalue weighted by Crippen LogP contribution is 2.28. The smallest absolute Gasteiger partial charge is 0.338 e. The maximum atomic E-state index is 11.5. The number of esters is 1. The van der Waals surface area contributed by atoms with Crippen LogP contribution >= 0.6 is 0 Å². The molecule has 5 heteroatoms. The number of furan rings is 1. The van der Waals surface area contributed by atoms with E-state index in [1.807, 2.05) is 12.1 Å². The van der Waals surface area contributed by atoms with Crippen LogP contribution in [0, 0.1) is 22.7 Å². The van der Waals surface area contributed by atoms with Gasteiger partial charge in [-0.25, -0.2) is 4.79 Å². The summed E-state index contributed by atoms with van der Waals surface area (Å²) in [5, 5.41) is 17.4. The predicted octanol–water partition coefficient (Wildman–Crippen LogP) is 3.05. The first-order valence-corrected chi connectivity index (χ1v) is 6.13. The normalized spacial score (nSPS) is 12.0. The Bertz CT molecular complexity index is 831. The summed E-state index contributed by atoms with van der Waals surface area (Å²) >= 11 is 0. The minimum Gasteiger partial charge on any atom is -0.457 e. The summed E-state index contributed by atoms with van der Waals surface area (Å²) in [7, 11) is 0. The molecule has 0 saturated heterocycles. The van der Waals surface area contributed by atoms with Crippen LogP contribution in [-0.2, 0) is 11.3 Å². The lowest BCUT2D eigenvalue weighted by Gasteiger charge is -1.99. The number of cyclic esters (lactones) is 1. The molecule has 2 aromatic rings. The average molecular weight is 276 g/mol. The Hall–Kier alpha value is -3.31. The summed E-state index contributed by atoms with van der Waals surface area (Å²) in [5.41, 5.74) is 2.10. The third-order valence-electron chi connectivity index (χ3n) is 3.13. The SMILES string of the molecule is N#CC(C#N)=Cc1ccc(-c2ccc3c(c2)C(=O)OC3)o1. The summed E-state index contributed by atoms with van der Waals surface area (Å²) in [6.45, 7) is 0.300. The van der Waals surface area contributed by atoms with Gasteiger partial charge in [-0.05, 0) is 18.2 Å². The standard InChI is InChI=1S/C16H8N2O3/c17-7-10(8-18)5-13-3-4-15(21-13)11-1-2-12-9-20-16(19)14(12)6-11/h1-6H,9H2. The number of ether oxygens (including phenoxy) is 1. The van der Waals surface area contributed by atoms with Crippen LogP contribution in [0.4, 0.5) is 0 Å². The zero-order valence-corrected chi connectivity index (χ0v) is 10.8. The second-order valence-electron chi connectivity index (χ2n) is 4.43. The van der Waals surface area contributed by atoms with Gasteiger partial charge in [-0.3, -0.25) is 0 Å². The highest BCUT2D eigenvalue weighted by Gasteiger charge is 2.21. The van der Waals surface area contributed by atoms with Gasteiger partial charge in [-0.1, -0.05) is 12.1 Å². The lowest BCUT2D eigenvalue weighted by atomic mass is 10.0. The van der Waals surface area contributed by atoms with E-state index in [-0.39, 0.29) is 11.5 Å². The minimum atomic E-state index is -0.338. The van der Waals surface area contributed by atoms with E-state index >= 15 is 0 Å². The van der Waals surface area contributed by atoms with Crippen molar-refractivity contribution in [2.75, 3.05) is 0 Å². The highest BCUT2D eigenvalue weighted by atomic mass is 16.5. The van der Waals surface area contributed by atoms with Gasteiger partial charge in [0.05, 0.1) is 5.56 Å². The Kier molecular flexibility index (Phi) is 3.02. The average Bonchev–Trinajstić information content (AvgIpc) is 3.12. The fourth-order valence-electron chi connectivity index (χ4n) is 2.08. The van der Waals surface area contributed by atoms with Gasteiger partial charge in [-0.2, -0.15) is 10.5 Å². The Labute approximate surface area is 120 Å². The summed E-state index contributed by atoms with van der Waals surface area (Å²) in [5.74, 6) is 0.625. The van der Waals surface area contributed by atoms with Crippen LogP contribution in [0.5, 0.6) is 0 Å². The molecule has 3 rings (SSSR count). The number of hydrogen-bond donors (Lipinski definition) is 0. The second kappa shape index (κ2) is 4.99. The minimum absolute atomic E-state index is 0.0339. The van der Waals surface area contributed by atoms with Crippen LogP contribution in [0.2, 0.25) is 0 Å². The van der Waals surface area contributed by atoms with Crippen LogP contribution in [0.3, 0.4) is 0 Å². The number of nitrogens with zero attached hydrogens (tertiary/aromatic N) is 2. The molecule has 1 aliphatic heterocycles. The van der Waals surface area contributed by atoms with Crippen molar-refractivity contribution in [3.63, 3.8) is 0 Å². The summed E-state index contributed by atoms with van der Waals surface area (Å²) in [6, 6.07) is 12.3. The lowest BCUT2D eigenvalue weighted by Crippen LogP contribution is -1.93. The number of rotatable bonds is 2. The van der Waals surface area contributed by atoms with Crippen molar-refractivity contribution in [1.82, 2.24) is 0 Å². The molecule has 0 atom stereocenters. The molecule has 0 fully saturated rings. The number of nitriles is 2. The van der Waals surface area contributed by atoms with E-state index in [1.54, 1.807) is 30.3 Å². The number of hydrogen-bond acceptors (Lipinski definition) is 5. The number of carbonyl (C=O) groups excluding carboxylic acids is 1. The first-order valence-electron chi connectivity index (χ1n) is 6.13. The van der Waals surface area contributed by atoms with E-state index in [0.717, 1.165) is 11.1 Å². The van der Waals surface area contributed by atoms with Crippen LogP contribution in [0.1, 0.15) is 21.7 Å². The molecule has 0 saturated carbocycles. The second-order valence-corrected chi connectivity index (χ2v) is 4.43. The molecule has 100 valence electrons. The van der Waals surface area contributed by atoms with Gasteiger partial charge >= 0.3 is 5.97 Å². The van der Waals surface area contributed by atoms with Crippen molar-refractivity contribution in [3.05, 3.63) is 52.8 Å². The van der Waals surface area contributed by atoms with Gasteiger partial charge in [0.2, 0.25) is 0 Å². The number of fused-ring (bicyclic) bond motifs is 1. The maximum Gasteiger partial charge on any atom is 0.338 e. The summed E-state index contributed by atoms with van der Waals surface area (Å²) in [4.78, 5) is 11.5. The quantitative estimate of drug-likeness (QED) is 0.621. The molecule has 0 unspecified atom stereocenters. The summed E-state index contributed by atoms with van der Waals surface area (Å²) in [6.07, 6.45) is 1.37. The van der Waals surface area contributed by atoms with Gasteiger partial charge in [0.1, 0.15) is 35.8 Å². The van der Waals surface area contributed by atoms with E-state index < -0.39 is 0 Å². The monoisotopic (exact) mass is 276 g/mol. The topological polar surface area (TPSA) is 87.0 Å². The van der Waals surface area contributed by atoms with Crippen molar-refractivity contribution in [3.8, 4) is 23.5 Å². The van der Waals surface area contributed by atoms with E-state index in [0.29, 0.717) is 23.7 Å². The molecule has 1 aromatic heterocycles. The van der Waals surface area contributed by atoms with Crippen LogP contribution in [0.15, 0.2) is 40.3 Å². The van der Waals surface area contributed by atoms with Gasteiger partial charge < -0.3 is 9.15 Å². The third kappa shape index (κ3) is 2.29. The molecule has 5 nitrogen and oxygen atoms in total. The van der Waals surface area contributed by atoms with Gasteiger partial charge in [0.15, 0.2) is 0 Å².